The number of pyridine rings is 1. The summed E-state index contributed by atoms with van der Waals surface area (Å²) in [5.41, 5.74) is -0.772. The zero-order valence-corrected chi connectivity index (χ0v) is 9.54. The van der Waals surface area contributed by atoms with Gasteiger partial charge in [0, 0.05) is 18.8 Å². The Bertz CT molecular complexity index is 580. The minimum atomic E-state index is -0.527. The fourth-order valence-electron chi connectivity index (χ4n) is 2.40. The number of hydrogen-bond acceptors (Lipinski definition) is 5. The molecule has 7 heteroatoms. The lowest BCUT2D eigenvalue weighted by Crippen LogP contribution is -2.53. The first-order chi connectivity index (χ1) is 8.72. The molecule has 1 fully saturated rings. The van der Waals surface area contributed by atoms with Crippen molar-refractivity contribution in [1.82, 2.24) is 9.47 Å². The number of carbonyl (C=O) groups excluding carboxylic acids is 1. The Hall–Kier alpha value is -2.02. The van der Waals surface area contributed by atoms with Gasteiger partial charge >= 0.3 is 0 Å². The van der Waals surface area contributed by atoms with Crippen molar-refractivity contribution < 1.29 is 9.53 Å². The van der Waals surface area contributed by atoms with E-state index in [1.807, 2.05) is 0 Å². The molecule has 0 N–H and O–H groups in total. The Morgan fingerprint density at radius 2 is 2.22 bits per heavy atom. The fraction of sp³-hybridized carbons (Fsp3) is 0.455. The number of ether oxygens (including phenoxy) is 1. The highest BCUT2D eigenvalue weighted by molar-refractivity contribution is 5.98. The van der Waals surface area contributed by atoms with Crippen LogP contribution in [0.1, 0.15) is 16.9 Å². The zero-order valence-electron chi connectivity index (χ0n) is 9.54. The number of nitrogens with zero attached hydrogens (tertiary/aromatic N) is 3. The summed E-state index contributed by atoms with van der Waals surface area (Å²) in [6.45, 7) is 1.61. The fourth-order valence-corrected chi connectivity index (χ4v) is 2.40. The molecule has 1 aromatic rings. The lowest BCUT2D eigenvalue weighted by Gasteiger charge is -2.40. The van der Waals surface area contributed by atoms with Gasteiger partial charge in [-0.2, -0.15) is 0 Å². The largest absolute Gasteiger partial charge is 0.356 e. The molecule has 1 atom stereocenters. The van der Waals surface area contributed by atoms with E-state index in [1.165, 1.54) is 12.3 Å². The third-order valence-electron chi connectivity index (χ3n) is 3.26. The molecule has 0 spiro atoms. The first-order valence-electron chi connectivity index (χ1n) is 5.72. The average Bonchev–Trinajstić information content (AvgIpc) is 2.40. The molecule has 1 amide bonds. The number of carbonyl (C=O) groups is 1. The van der Waals surface area contributed by atoms with Crippen LogP contribution in [0, 0.1) is 4.91 Å². The van der Waals surface area contributed by atoms with E-state index in [0.717, 1.165) is 6.42 Å². The lowest BCUT2D eigenvalue weighted by molar-refractivity contribution is -0.0916. The van der Waals surface area contributed by atoms with Gasteiger partial charge in [0.05, 0.1) is 13.2 Å². The van der Waals surface area contributed by atoms with Gasteiger partial charge < -0.3 is 14.2 Å². The lowest BCUT2D eigenvalue weighted by atomic mass is 10.1. The summed E-state index contributed by atoms with van der Waals surface area (Å²) in [7, 11) is 0. The third-order valence-corrected chi connectivity index (χ3v) is 3.26. The Labute approximate surface area is 102 Å². The van der Waals surface area contributed by atoms with Crippen LogP contribution in [0.15, 0.2) is 22.2 Å². The topological polar surface area (TPSA) is 81.0 Å². The Morgan fingerprint density at radius 3 is 3.00 bits per heavy atom. The van der Waals surface area contributed by atoms with Crippen molar-refractivity contribution in [3.8, 4) is 0 Å². The van der Waals surface area contributed by atoms with Gasteiger partial charge in [0.25, 0.3) is 5.91 Å². The molecular formula is C11H11N3O4. The minimum absolute atomic E-state index is 0.0688. The molecule has 0 aromatic carbocycles. The first-order valence-corrected chi connectivity index (χ1v) is 5.72. The number of amides is 1. The van der Waals surface area contributed by atoms with Crippen LogP contribution in [0.4, 0.5) is 5.69 Å². The van der Waals surface area contributed by atoms with Crippen LogP contribution in [0.25, 0.3) is 0 Å². The molecule has 1 aromatic heterocycles. The summed E-state index contributed by atoms with van der Waals surface area (Å²) in [6, 6.07) is 1.24. The van der Waals surface area contributed by atoms with Gasteiger partial charge in [0.15, 0.2) is 11.9 Å². The molecule has 3 rings (SSSR count). The second-order valence-corrected chi connectivity index (χ2v) is 4.30. The highest BCUT2D eigenvalue weighted by Gasteiger charge is 2.36. The van der Waals surface area contributed by atoms with E-state index in [0.29, 0.717) is 19.7 Å². The summed E-state index contributed by atoms with van der Waals surface area (Å²) in [5, 5.41) is 2.70. The summed E-state index contributed by atoms with van der Waals surface area (Å²) in [5.74, 6) is -0.363. The van der Waals surface area contributed by atoms with Crippen LogP contribution in [-0.4, -0.2) is 34.8 Å². The molecule has 0 saturated carbocycles. The summed E-state index contributed by atoms with van der Waals surface area (Å²) in [6.07, 6.45) is 1.93. The number of aromatic nitrogens is 1. The van der Waals surface area contributed by atoms with Crippen molar-refractivity contribution in [2.75, 3.05) is 13.2 Å². The number of nitroso groups, excluding NO2 is 1. The van der Waals surface area contributed by atoms with Crippen LogP contribution in [0.2, 0.25) is 0 Å². The standard InChI is InChI=1S/C11H11N3O4/c15-7-2-4-13-6-8-14(3-1-5-18-8)11(16)10(13)9(7)12-17/h2,4,8H,1,3,5-6H2. The summed E-state index contributed by atoms with van der Waals surface area (Å²) in [4.78, 5) is 36.1. The second kappa shape index (κ2) is 4.02. The number of rotatable bonds is 1. The van der Waals surface area contributed by atoms with Gasteiger partial charge in [0.2, 0.25) is 5.43 Å². The quantitative estimate of drug-likeness (QED) is 0.676. The maximum Gasteiger partial charge on any atom is 0.275 e. The maximum atomic E-state index is 12.3. The van der Waals surface area contributed by atoms with Crippen molar-refractivity contribution in [3.05, 3.63) is 33.1 Å². The predicted molar refractivity (Wildman–Crippen MR) is 61.6 cm³/mol. The van der Waals surface area contributed by atoms with Crippen molar-refractivity contribution in [2.24, 2.45) is 5.18 Å². The van der Waals surface area contributed by atoms with Crippen LogP contribution >= 0.6 is 0 Å². The SMILES string of the molecule is O=Nc1c2n(ccc1=O)CC1OCCCN1C2=O. The molecule has 3 heterocycles. The van der Waals surface area contributed by atoms with E-state index in [-0.39, 0.29) is 23.5 Å². The Balaban J connectivity index is 2.16. The molecule has 0 bridgehead atoms. The molecule has 2 aliphatic rings. The van der Waals surface area contributed by atoms with Crippen molar-refractivity contribution >= 4 is 11.6 Å². The smallest absolute Gasteiger partial charge is 0.275 e. The second-order valence-electron chi connectivity index (χ2n) is 4.30. The third kappa shape index (κ3) is 1.47. The molecule has 1 unspecified atom stereocenters. The van der Waals surface area contributed by atoms with Crippen LogP contribution in [0.5, 0.6) is 0 Å². The highest BCUT2D eigenvalue weighted by atomic mass is 16.5. The van der Waals surface area contributed by atoms with Gasteiger partial charge in [-0.25, -0.2) is 0 Å². The molecule has 1 saturated heterocycles. The molecule has 0 aliphatic carbocycles. The molecule has 18 heavy (non-hydrogen) atoms. The normalized spacial score (nSPS) is 22.3. The van der Waals surface area contributed by atoms with Crippen LogP contribution in [0.3, 0.4) is 0 Å². The van der Waals surface area contributed by atoms with E-state index >= 15 is 0 Å². The van der Waals surface area contributed by atoms with Crippen LogP contribution in [-0.2, 0) is 11.3 Å². The van der Waals surface area contributed by atoms with Gasteiger partial charge in [-0.1, -0.05) is 0 Å². The van der Waals surface area contributed by atoms with Crippen molar-refractivity contribution in [2.45, 2.75) is 19.2 Å². The molecule has 0 radical (unpaired) electrons. The first kappa shape index (κ1) is 11.1. The van der Waals surface area contributed by atoms with Crippen molar-refractivity contribution in [3.63, 3.8) is 0 Å². The van der Waals surface area contributed by atoms with Gasteiger partial charge in [-0.15, -0.1) is 4.91 Å². The van der Waals surface area contributed by atoms with E-state index in [4.69, 9.17) is 4.74 Å². The Kier molecular flexibility index (Phi) is 2.48. The molecule has 94 valence electrons. The summed E-state index contributed by atoms with van der Waals surface area (Å²) < 4.78 is 7.07. The van der Waals surface area contributed by atoms with E-state index in [9.17, 15) is 14.5 Å². The number of fused-ring (bicyclic) bond motifs is 2. The van der Waals surface area contributed by atoms with E-state index in [2.05, 4.69) is 5.18 Å². The van der Waals surface area contributed by atoms with Crippen LogP contribution < -0.4 is 5.43 Å². The molecule has 7 nitrogen and oxygen atoms in total. The van der Waals surface area contributed by atoms with Gasteiger partial charge in [-0.05, 0) is 11.6 Å². The highest BCUT2D eigenvalue weighted by Crippen LogP contribution is 2.25. The monoisotopic (exact) mass is 249 g/mol. The van der Waals surface area contributed by atoms with Crippen molar-refractivity contribution in [1.29, 1.82) is 0 Å². The molecular weight excluding hydrogens is 238 g/mol. The minimum Gasteiger partial charge on any atom is -0.356 e. The van der Waals surface area contributed by atoms with E-state index in [1.54, 1.807) is 9.47 Å². The number of hydrogen-bond donors (Lipinski definition) is 0. The zero-order chi connectivity index (χ0) is 12.7. The molecule has 2 aliphatic heterocycles. The maximum absolute atomic E-state index is 12.3. The van der Waals surface area contributed by atoms with Gasteiger partial charge in [0.1, 0.15) is 5.69 Å². The van der Waals surface area contributed by atoms with E-state index < -0.39 is 5.43 Å². The van der Waals surface area contributed by atoms with Gasteiger partial charge in [-0.3, -0.25) is 9.59 Å². The Morgan fingerprint density at radius 1 is 1.39 bits per heavy atom. The average molecular weight is 249 g/mol. The predicted octanol–water partition coefficient (Wildman–Crippen LogP) is 0.448. The summed E-state index contributed by atoms with van der Waals surface area (Å²) >= 11 is 0.